The maximum atomic E-state index is 11.2. The SMILES string of the molecule is CSC1=C(SC)SC(=C2Sc3cc(N=Cc4ccc(/C=C/c5ccc(/C=C/C6COC(C(C#N)C#N)=C6C#N)s5)cc4O)c(N=Cc4ccc(/C=C/c5ccc(/C=C/C6COC(C(C#N)C#N)=C6C#N)s5)cc4O)cc3S2)S1. The van der Waals surface area contributed by atoms with Crippen LogP contribution in [0.4, 0.5) is 11.4 Å². The molecule has 382 valence electrons. The average molecular weight is 1170 g/mol. The van der Waals surface area contributed by atoms with Crippen molar-refractivity contribution in [2.75, 3.05) is 25.7 Å². The van der Waals surface area contributed by atoms with Gasteiger partial charge in [0.25, 0.3) is 0 Å². The Morgan fingerprint density at radius 2 is 0.936 bits per heavy atom. The van der Waals surface area contributed by atoms with Gasteiger partial charge in [-0.3, -0.25) is 9.98 Å². The number of thioether (sulfide) groups is 6. The summed E-state index contributed by atoms with van der Waals surface area (Å²) in [7, 11) is 0. The van der Waals surface area contributed by atoms with Crippen molar-refractivity contribution in [2.45, 2.75) is 9.79 Å². The van der Waals surface area contributed by atoms with Crippen LogP contribution in [-0.4, -0.2) is 48.4 Å². The van der Waals surface area contributed by atoms with Gasteiger partial charge >= 0.3 is 0 Å². The van der Waals surface area contributed by atoms with E-state index in [0.717, 1.165) is 40.4 Å². The Morgan fingerprint density at radius 3 is 1.31 bits per heavy atom. The highest BCUT2D eigenvalue weighted by atomic mass is 32.3. The van der Waals surface area contributed by atoms with E-state index >= 15 is 0 Å². The lowest BCUT2D eigenvalue weighted by atomic mass is 9.97. The average Bonchev–Trinajstić information content (AvgIpc) is 4.41. The molecule has 9 rings (SSSR count). The Morgan fingerprint density at radius 1 is 0.538 bits per heavy atom. The fourth-order valence-electron chi connectivity index (χ4n) is 7.91. The van der Waals surface area contributed by atoms with Crippen LogP contribution >= 0.6 is 93.2 Å². The molecule has 6 heterocycles. The molecule has 12 nitrogen and oxygen atoms in total. The molecule has 0 saturated heterocycles. The lowest BCUT2D eigenvalue weighted by molar-refractivity contribution is 0.216. The van der Waals surface area contributed by atoms with Gasteiger partial charge in [-0.05, 0) is 109 Å². The maximum absolute atomic E-state index is 11.2. The van der Waals surface area contributed by atoms with Crippen molar-refractivity contribution < 1.29 is 19.7 Å². The third-order valence-electron chi connectivity index (χ3n) is 11.9. The summed E-state index contributed by atoms with van der Waals surface area (Å²) < 4.78 is 16.1. The van der Waals surface area contributed by atoms with Crippen LogP contribution in [0.2, 0.25) is 0 Å². The molecule has 0 amide bonds. The van der Waals surface area contributed by atoms with Crippen LogP contribution in [0.15, 0.2) is 144 Å². The van der Waals surface area contributed by atoms with Crippen LogP contribution in [0, 0.1) is 91.7 Å². The molecule has 0 radical (unpaired) electrons. The fraction of sp³-hybridized carbons (Fsp3) is 0.138. The Bertz CT molecular complexity index is 3560. The monoisotopic (exact) mass is 1170 g/mol. The molecule has 0 aliphatic carbocycles. The largest absolute Gasteiger partial charge is 0.507 e. The highest BCUT2D eigenvalue weighted by molar-refractivity contribution is 8.41. The number of hydrogen-bond acceptors (Lipinski definition) is 20. The third-order valence-corrected chi connectivity index (χ3v) is 22.2. The molecule has 4 aliphatic heterocycles. The molecular weight excluding hydrogens is 1130 g/mol. The number of phenols is 2. The quantitative estimate of drug-likeness (QED) is 0.0876. The second kappa shape index (κ2) is 25.8. The third kappa shape index (κ3) is 12.8. The Balaban J connectivity index is 0.898. The van der Waals surface area contributed by atoms with Gasteiger partial charge in [-0.15, -0.1) is 46.2 Å². The van der Waals surface area contributed by atoms with Crippen LogP contribution in [0.1, 0.15) is 41.8 Å². The minimum Gasteiger partial charge on any atom is -0.507 e. The predicted octanol–water partition coefficient (Wildman–Crippen LogP) is 15.9. The maximum Gasteiger partial charge on any atom is 0.190 e. The first-order chi connectivity index (χ1) is 38.0. The smallest absolute Gasteiger partial charge is 0.190 e. The highest BCUT2D eigenvalue weighted by Crippen LogP contribution is 2.64. The topological polar surface area (TPSA) is 226 Å². The summed E-state index contributed by atoms with van der Waals surface area (Å²) in [5, 5.41) is 79.0. The number of ether oxygens (including phenoxy) is 2. The number of benzene rings is 3. The molecule has 2 N–H and O–H groups in total. The molecule has 3 aromatic carbocycles. The van der Waals surface area contributed by atoms with Crippen LogP contribution < -0.4 is 0 Å². The second-order valence-corrected chi connectivity index (χ2v) is 25.9. The van der Waals surface area contributed by atoms with Crippen molar-refractivity contribution in [1.29, 1.82) is 31.6 Å². The van der Waals surface area contributed by atoms with E-state index in [0.29, 0.717) is 33.6 Å². The first-order valence-electron chi connectivity index (χ1n) is 23.3. The number of rotatable bonds is 16. The zero-order valence-electron chi connectivity index (χ0n) is 41.0. The number of phenolic OH excluding ortho intramolecular Hbond substituents is 2. The van der Waals surface area contributed by atoms with Crippen molar-refractivity contribution in [2.24, 2.45) is 33.7 Å². The number of allylic oxidation sites excluding steroid dienone is 2. The molecule has 0 saturated carbocycles. The van der Waals surface area contributed by atoms with E-state index in [1.807, 2.05) is 121 Å². The molecule has 20 heteroatoms. The Labute approximate surface area is 484 Å². The molecule has 78 heavy (non-hydrogen) atoms. The van der Waals surface area contributed by atoms with E-state index in [2.05, 4.69) is 24.6 Å². The van der Waals surface area contributed by atoms with Crippen molar-refractivity contribution in [3.05, 3.63) is 166 Å². The van der Waals surface area contributed by atoms with Crippen LogP contribution in [0.5, 0.6) is 11.5 Å². The Hall–Kier alpha value is -7.44. The summed E-state index contributed by atoms with van der Waals surface area (Å²) in [6.07, 6.45) is 22.7. The molecule has 0 spiro atoms. The first-order valence-corrected chi connectivity index (χ1v) is 30.6. The zero-order valence-corrected chi connectivity index (χ0v) is 47.5. The summed E-state index contributed by atoms with van der Waals surface area (Å²) in [4.78, 5) is 15.7. The van der Waals surface area contributed by atoms with E-state index in [1.54, 1.807) is 130 Å². The molecule has 4 aliphatic rings. The predicted molar refractivity (Wildman–Crippen MR) is 323 cm³/mol. The number of fused-ring (bicyclic) bond motifs is 1. The van der Waals surface area contributed by atoms with Crippen molar-refractivity contribution in [3.63, 3.8) is 0 Å². The van der Waals surface area contributed by atoms with Gasteiger partial charge in [0.15, 0.2) is 11.8 Å². The van der Waals surface area contributed by atoms with Crippen molar-refractivity contribution in [3.8, 4) is 47.9 Å². The van der Waals surface area contributed by atoms with E-state index in [1.165, 1.54) is 16.9 Å². The van der Waals surface area contributed by atoms with Gasteiger partial charge in [-0.2, -0.15) is 31.6 Å². The van der Waals surface area contributed by atoms with Gasteiger partial charge in [0.05, 0.1) is 89.1 Å². The number of nitriles is 6. The molecule has 0 bridgehead atoms. The first kappa shape index (κ1) is 55.3. The van der Waals surface area contributed by atoms with Gasteiger partial charge in [-0.25, -0.2) is 0 Å². The van der Waals surface area contributed by atoms with Gasteiger partial charge in [0.2, 0.25) is 0 Å². The van der Waals surface area contributed by atoms with Gasteiger partial charge in [0, 0.05) is 64.7 Å². The lowest BCUT2D eigenvalue weighted by Crippen LogP contribution is -2.00. The normalized spacial score (nSPS) is 17.4. The van der Waals surface area contributed by atoms with E-state index in [9.17, 15) is 41.8 Å². The Kier molecular flexibility index (Phi) is 18.3. The van der Waals surface area contributed by atoms with Gasteiger partial charge in [-0.1, -0.05) is 83.5 Å². The van der Waals surface area contributed by atoms with Crippen molar-refractivity contribution in [1.82, 2.24) is 0 Å². The number of hydrogen-bond donors (Lipinski definition) is 2. The van der Waals surface area contributed by atoms with Crippen LogP contribution in [0.25, 0.3) is 36.5 Å². The summed E-state index contributed by atoms with van der Waals surface area (Å²) in [6, 6.07) is 34.4. The number of thiophene rings is 2. The van der Waals surface area contributed by atoms with Crippen LogP contribution in [0.3, 0.4) is 0 Å². The molecule has 5 aromatic rings. The number of aromatic hydroxyl groups is 2. The molecule has 0 fully saturated rings. The van der Waals surface area contributed by atoms with Gasteiger partial charge in [0.1, 0.15) is 23.0 Å². The van der Waals surface area contributed by atoms with Crippen LogP contribution in [-0.2, 0) is 9.47 Å². The van der Waals surface area contributed by atoms with Gasteiger partial charge < -0.3 is 19.7 Å². The fourth-order valence-corrected chi connectivity index (χ4v) is 17.4. The summed E-state index contributed by atoms with van der Waals surface area (Å²) in [5.74, 6) is -2.58. The number of aliphatic imine (C=N–C) groups is 2. The highest BCUT2D eigenvalue weighted by Gasteiger charge is 2.33. The van der Waals surface area contributed by atoms with E-state index in [-0.39, 0.29) is 48.1 Å². The minimum atomic E-state index is -1.12. The standard InChI is InChI=1S/C58H38N8O4S8/c1-71-55-56(72-2)78-58(77-55)57-75-51-21-47(65-29-35-7-3-33(19-49(35)67)5-11-41-15-17-43(73-41)13-9-37-31-69-53(45(37)27-63)39(23-59)24-60)48(22-52(51)76-57)66-30-36-8-4-34(20-50(36)68)6-12-42-16-18-44(74-42)14-10-38-32-70-54(46(38)28-64)40(25-61)26-62/h3-22,29-30,37-40,67-68H,31-32H2,1-2H3/b11-5+,12-6+,13-9+,14-10+,65-29?,66-30?. The van der Waals surface area contributed by atoms with Crippen molar-refractivity contribution >= 4 is 154 Å². The summed E-state index contributed by atoms with van der Waals surface area (Å²) in [6.45, 7) is 0.388. The minimum absolute atomic E-state index is 0.0479. The zero-order chi connectivity index (χ0) is 54.7. The molecule has 2 unspecified atom stereocenters. The second-order valence-electron chi connectivity index (χ2n) is 16.8. The van der Waals surface area contributed by atoms with E-state index < -0.39 is 11.8 Å². The molecule has 2 atom stereocenters. The van der Waals surface area contributed by atoms with E-state index in [4.69, 9.17) is 19.5 Å². The molecule has 2 aromatic heterocycles. The molecular formula is C58H38N8O4S8. The summed E-state index contributed by atoms with van der Waals surface area (Å²) >= 11 is 13.6. The summed E-state index contributed by atoms with van der Waals surface area (Å²) in [5.41, 5.74) is 4.35. The number of nitrogens with zero attached hydrogens (tertiary/aromatic N) is 8. The lowest BCUT2D eigenvalue weighted by Gasteiger charge is -2.06.